The van der Waals surface area contributed by atoms with Gasteiger partial charge < -0.3 is 10.2 Å². The molecule has 0 aliphatic carbocycles. The van der Waals surface area contributed by atoms with Crippen molar-refractivity contribution >= 4 is 11.7 Å². The molecule has 1 aliphatic heterocycles. The molecule has 0 radical (unpaired) electrons. The van der Waals surface area contributed by atoms with Crippen LogP contribution in [-0.2, 0) is 6.18 Å². The van der Waals surface area contributed by atoms with Crippen LogP contribution < -0.4 is 5.32 Å². The third kappa shape index (κ3) is 4.26. The van der Waals surface area contributed by atoms with Crippen LogP contribution >= 0.6 is 0 Å². The highest BCUT2D eigenvalue weighted by atomic mass is 19.4. The summed E-state index contributed by atoms with van der Waals surface area (Å²) in [5, 5.41) is 2.77. The smallest absolute Gasteiger partial charge is 0.313 e. The molecule has 4 rings (SSSR count). The summed E-state index contributed by atoms with van der Waals surface area (Å²) in [6.45, 7) is 2.38. The number of benzene rings is 3. The van der Waals surface area contributed by atoms with Gasteiger partial charge in [0.15, 0.2) is 0 Å². The highest BCUT2D eigenvalue weighted by Crippen LogP contribution is 2.40. The van der Waals surface area contributed by atoms with Gasteiger partial charge in [-0.1, -0.05) is 43.3 Å². The third-order valence-electron chi connectivity index (χ3n) is 5.51. The van der Waals surface area contributed by atoms with Gasteiger partial charge in [-0.25, -0.2) is 9.18 Å². The summed E-state index contributed by atoms with van der Waals surface area (Å²) in [5.41, 5.74) is 2.20. The molecule has 0 spiro atoms. The number of nitrogens with zero attached hydrogens (tertiary/aromatic N) is 1. The molecule has 1 aliphatic rings. The monoisotopic (exact) mass is 428 g/mol. The summed E-state index contributed by atoms with van der Waals surface area (Å²) in [6, 6.07) is 17.0. The molecule has 0 fully saturated rings. The SMILES string of the molecule is C[C@H]1CN(C(=O)Nc2ccc(F)cc2)[C@H](c2ccc(C(F)(F)F)cc2)c2ccccc21. The maximum atomic E-state index is 13.2. The van der Waals surface area contributed by atoms with Crippen LogP contribution in [0, 0.1) is 5.82 Å². The van der Waals surface area contributed by atoms with Crippen molar-refractivity contribution in [3.63, 3.8) is 0 Å². The fraction of sp³-hybridized carbons (Fsp3) is 0.208. The lowest BCUT2D eigenvalue weighted by Crippen LogP contribution is -2.44. The highest BCUT2D eigenvalue weighted by Gasteiger charge is 2.36. The first-order valence-electron chi connectivity index (χ1n) is 9.83. The number of nitrogens with one attached hydrogen (secondary N) is 1. The van der Waals surface area contributed by atoms with Crippen LogP contribution in [0.15, 0.2) is 72.8 Å². The van der Waals surface area contributed by atoms with Crippen LogP contribution in [0.1, 0.15) is 41.1 Å². The zero-order valence-electron chi connectivity index (χ0n) is 16.7. The Kier molecular flexibility index (Phi) is 5.43. The summed E-state index contributed by atoms with van der Waals surface area (Å²) in [7, 11) is 0. The van der Waals surface area contributed by atoms with Crippen molar-refractivity contribution in [2.24, 2.45) is 0 Å². The van der Waals surface area contributed by atoms with Crippen molar-refractivity contribution < 1.29 is 22.4 Å². The molecule has 160 valence electrons. The molecule has 0 saturated heterocycles. The molecule has 0 unspecified atom stereocenters. The molecule has 2 amide bonds. The van der Waals surface area contributed by atoms with Crippen molar-refractivity contribution in [3.05, 3.63) is 101 Å². The van der Waals surface area contributed by atoms with E-state index in [1.54, 1.807) is 4.90 Å². The van der Waals surface area contributed by atoms with E-state index in [9.17, 15) is 22.4 Å². The van der Waals surface area contributed by atoms with E-state index >= 15 is 0 Å². The second kappa shape index (κ2) is 8.06. The van der Waals surface area contributed by atoms with Gasteiger partial charge in [0.05, 0.1) is 11.6 Å². The largest absolute Gasteiger partial charge is 0.416 e. The van der Waals surface area contributed by atoms with E-state index in [1.165, 1.54) is 36.4 Å². The van der Waals surface area contributed by atoms with Crippen LogP contribution in [-0.4, -0.2) is 17.5 Å². The van der Waals surface area contributed by atoms with Gasteiger partial charge in [0.1, 0.15) is 5.82 Å². The van der Waals surface area contributed by atoms with E-state index in [1.807, 2.05) is 31.2 Å². The maximum Gasteiger partial charge on any atom is 0.416 e. The second-order valence-corrected chi connectivity index (χ2v) is 7.64. The highest BCUT2D eigenvalue weighted by molar-refractivity contribution is 5.90. The van der Waals surface area contributed by atoms with Gasteiger partial charge in [-0.3, -0.25) is 0 Å². The Morgan fingerprint density at radius 2 is 1.55 bits per heavy atom. The van der Waals surface area contributed by atoms with Crippen LogP contribution in [0.2, 0.25) is 0 Å². The number of halogens is 4. The zero-order valence-corrected chi connectivity index (χ0v) is 16.7. The summed E-state index contributed by atoms with van der Waals surface area (Å²) >= 11 is 0. The molecule has 3 aromatic carbocycles. The van der Waals surface area contributed by atoms with E-state index < -0.39 is 29.6 Å². The molecule has 3 aromatic rings. The van der Waals surface area contributed by atoms with E-state index in [0.29, 0.717) is 17.8 Å². The lowest BCUT2D eigenvalue weighted by atomic mass is 9.83. The fourth-order valence-corrected chi connectivity index (χ4v) is 4.02. The Morgan fingerprint density at radius 3 is 2.16 bits per heavy atom. The summed E-state index contributed by atoms with van der Waals surface area (Å²) in [4.78, 5) is 14.8. The number of alkyl halides is 3. The Balaban J connectivity index is 1.72. The summed E-state index contributed by atoms with van der Waals surface area (Å²) in [5.74, 6) is -0.373. The normalized spacial score (nSPS) is 18.4. The van der Waals surface area contributed by atoms with Gasteiger partial charge in [-0.15, -0.1) is 0 Å². The van der Waals surface area contributed by atoms with E-state index in [-0.39, 0.29) is 5.92 Å². The Bertz CT molecular complexity index is 1080. The van der Waals surface area contributed by atoms with Crippen LogP contribution in [0.5, 0.6) is 0 Å². The molecular formula is C24H20F4N2O. The van der Waals surface area contributed by atoms with Crippen LogP contribution in [0.4, 0.5) is 28.0 Å². The number of carbonyl (C=O) groups excluding carboxylic acids is 1. The minimum Gasteiger partial charge on any atom is -0.313 e. The van der Waals surface area contributed by atoms with Crippen molar-refractivity contribution in [1.82, 2.24) is 4.90 Å². The van der Waals surface area contributed by atoms with Gasteiger partial charge in [0.2, 0.25) is 0 Å². The standard InChI is InChI=1S/C24H20F4N2O/c1-15-14-30(23(31)29-19-12-10-18(25)11-13-19)22(21-5-3-2-4-20(15)21)16-6-8-17(9-7-16)24(26,27)28/h2-13,15,22H,14H2,1H3,(H,29,31)/t15-,22+/m0/s1. The molecule has 3 nitrogen and oxygen atoms in total. The first-order chi connectivity index (χ1) is 14.7. The number of rotatable bonds is 2. The van der Waals surface area contributed by atoms with Crippen LogP contribution in [0.3, 0.4) is 0 Å². The number of carbonyl (C=O) groups is 1. The molecule has 1 N–H and O–H groups in total. The van der Waals surface area contributed by atoms with Crippen molar-refractivity contribution in [1.29, 1.82) is 0 Å². The van der Waals surface area contributed by atoms with Crippen molar-refractivity contribution in [2.45, 2.75) is 25.1 Å². The van der Waals surface area contributed by atoms with Gasteiger partial charge >= 0.3 is 12.2 Å². The third-order valence-corrected chi connectivity index (χ3v) is 5.51. The predicted molar refractivity (Wildman–Crippen MR) is 110 cm³/mol. The number of hydrogen-bond acceptors (Lipinski definition) is 1. The first-order valence-corrected chi connectivity index (χ1v) is 9.83. The average molecular weight is 428 g/mol. The number of urea groups is 1. The van der Waals surface area contributed by atoms with Gasteiger partial charge in [0.25, 0.3) is 0 Å². The molecule has 1 heterocycles. The molecule has 0 aromatic heterocycles. The van der Waals surface area contributed by atoms with Crippen molar-refractivity contribution in [2.75, 3.05) is 11.9 Å². The zero-order chi connectivity index (χ0) is 22.2. The quantitative estimate of drug-likeness (QED) is 0.459. The average Bonchev–Trinajstić information content (AvgIpc) is 2.75. The fourth-order valence-electron chi connectivity index (χ4n) is 4.02. The van der Waals surface area contributed by atoms with E-state index in [2.05, 4.69) is 5.32 Å². The van der Waals surface area contributed by atoms with Gasteiger partial charge in [-0.05, 0) is 59.0 Å². The maximum absolute atomic E-state index is 13.2. The molecule has 0 saturated carbocycles. The lowest BCUT2D eigenvalue weighted by molar-refractivity contribution is -0.137. The Morgan fingerprint density at radius 1 is 0.935 bits per heavy atom. The second-order valence-electron chi connectivity index (χ2n) is 7.64. The Labute approximate surface area is 177 Å². The molecule has 0 bridgehead atoms. The number of amides is 2. The molecular weight excluding hydrogens is 408 g/mol. The first kappa shape index (κ1) is 20.9. The Hall–Kier alpha value is -3.35. The topological polar surface area (TPSA) is 32.3 Å². The summed E-state index contributed by atoms with van der Waals surface area (Å²) < 4.78 is 52.3. The minimum absolute atomic E-state index is 0.0425. The lowest BCUT2D eigenvalue weighted by Gasteiger charge is -2.40. The minimum atomic E-state index is -4.43. The van der Waals surface area contributed by atoms with Crippen LogP contribution in [0.25, 0.3) is 0 Å². The number of fused-ring (bicyclic) bond motifs is 1. The van der Waals surface area contributed by atoms with Gasteiger partial charge in [-0.2, -0.15) is 13.2 Å². The molecule has 2 atom stereocenters. The predicted octanol–water partition coefficient (Wildman–Crippen LogP) is 6.59. The van der Waals surface area contributed by atoms with E-state index in [0.717, 1.165) is 23.3 Å². The summed E-state index contributed by atoms with van der Waals surface area (Å²) in [6.07, 6.45) is -4.43. The number of hydrogen-bond donors (Lipinski definition) is 1. The van der Waals surface area contributed by atoms with Crippen molar-refractivity contribution in [3.8, 4) is 0 Å². The molecule has 31 heavy (non-hydrogen) atoms. The van der Waals surface area contributed by atoms with E-state index in [4.69, 9.17) is 0 Å². The van der Waals surface area contributed by atoms with Gasteiger partial charge in [0, 0.05) is 12.2 Å². The number of anilines is 1. The molecule has 7 heteroatoms.